The summed E-state index contributed by atoms with van der Waals surface area (Å²) in [4.78, 5) is 11.7. The van der Waals surface area contributed by atoms with Gasteiger partial charge in [0.05, 0.1) is 5.92 Å². The van der Waals surface area contributed by atoms with Gasteiger partial charge in [-0.05, 0) is 23.8 Å². The van der Waals surface area contributed by atoms with Crippen LogP contribution < -0.4 is 5.32 Å². The van der Waals surface area contributed by atoms with E-state index in [-0.39, 0.29) is 11.8 Å². The minimum atomic E-state index is -0.319. The first kappa shape index (κ1) is 13.6. The number of aromatic amines is 1. The van der Waals surface area contributed by atoms with Crippen LogP contribution in [0.5, 0.6) is 0 Å². The predicted molar refractivity (Wildman–Crippen MR) is 64.4 cm³/mol. The van der Waals surface area contributed by atoms with E-state index in [1.165, 1.54) is 25.7 Å². The van der Waals surface area contributed by atoms with Gasteiger partial charge in [0.25, 0.3) is 0 Å². The van der Waals surface area contributed by atoms with E-state index in [0.29, 0.717) is 5.82 Å². The Morgan fingerprint density at radius 2 is 2.12 bits per heavy atom. The van der Waals surface area contributed by atoms with Gasteiger partial charge in [0.1, 0.15) is 0 Å². The van der Waals surface area contributed by atoms with E-state index < -0.39 is 0 Å². The molecule has 2 N–H and O–H groups in total. The third-order valence-corrected chi connectivity index (χ3v) is 2.74. The molecule has 0 saturated heterocycles. The minimum Gasteiger partial charge on any atom is -0.355 e. The summed E-state index contributed by atoms with van der Waals surface area (Å²) in [5.74, 6) is 0.160. The van der Waals surface area contributed by atoms with Gasteiger partial charge in [-0.15, -0.1) is 5.10 Å². The van der Waals surface area contributed by atoms with Crippen molar-refractivity contribution in [2.45, 2.75) is 51.9 Å². The number of unbranched alkanes of at least 4 members (excludes halogenated alkanes) is 4. The van der Waals surface area contributed by atoms with Crippen LogP contribution in [0.2, 0.25) is 0 Å². The van der Waals surface area contributed by atoms with Crippen molar-refractivity contribution in [3.05, 3.63) is 5.82 Å². The van der Waals surface area contributed by atoms with Crippen LogP contribution in [0.3, 0.4) is 0 Å². The largest absolute Gasteiger partial charge is 0.355 e. The average molecular weight is 239 g/mol. The Balaban J connectivity index is 2.13. The van der Waals surface area contributed by atoms with E-state index in [1.54, 1.807) is 6.92 Å². The highest BCUT2D eigenvalue weighted by Crippen LogP contribution is 2.07. The topological polar surface area (TPSA) is 83.6 Å². The summed E-state index contributed by atoms with van der Waals surface area (Å²) in [5.41, 5.74) is 0. The molecule has 96 valence electrons. The predicted octanol–water partition coefficient (Wildman–Crippen LogP) is 1.39. The number of carbonyl (C=O) groups excluding carboxylic acids is 1. The van der Waals surface area contributed by atoms with Crippen molar-refractivity contribution in [2.75, 3.05) is 6.54 Å². The molecule has 1 aromatic rings. The molecule has 1 aromatic heterocycles. The Labute approximate surface area is 102 Å². The Morgan fingerprint density at radius 1 is 1.35 bits per heavy atom. The van der Waals surface area contributed by atoms with Gasteiger partial charge in [0.2, 0.25) is 5.91 Å². The smallest absolute Gasteiger partial charge is 0.230 e. The van der Waals surface area contributed by atoms with Gasteiger partial charge in [0.15, 0.2) is 5.82 Å². The maximum Gasteiger partial charge on any atom is 0.230 e. The minimum absolute atomic E-state index is 0.0287. The third kappa shape index (κ3) is 4.93. The molecule has 0 aliphatic carbocycles. The fourth-order valence-corrected chi connectivity index (χ4v) is 1.57. The van der Waals surface area contributed by atoms with Gasteiger partial charge in [0, 0.05) is 6.54 Å². The Hall–Kier alpha value is -1.46. The number of tetrazole rings is 1. The van der Waals surface area contributed by atoms with Crippen LogP contribution >= 0.6 is 0 Å². The second kappa shape index (κ2) is 7.76. The molecule has 6 heteroatoms. The van der Waals surface area contributed by atoms with Crippen LogP contribution in [-0.4, -0.2) is 33.1 Å². The standard InChI is InChI=1S/C11H21N5O/c1-3-4-5-6-7-8-12-11(17)9(2)10-13-15-16-14-10/h9H,3-8H2,1-2H3,(H,12,17)(H,13,14,15,16). The molecule has 1 unspecified atom stereocenters. The second-order valence-electron chi connectivity index (χ2n) is 4.21. The van der Waals surface area contributed by atoms with Crippen LogP contribution in [0.15, 0.2) is 0 Å². The molecular weight excluding hydrogens is 218 g/mol. The summed E-state index contributed by atoms with van der Waals surface area (Å²) >= 11 is 0. The lowest BCUT2D eigenvalue weighted by molar-refractivity contribution is -0.122. The highest BCUT2D eigenvalue weighted by Gasteiger charge is 2.17. The molecule has 1 atom stereocenters. The van der Waals surface area contributed by atoms with Crippen molar-refractivity contribution >= 4 is 5.91 Å². The van der Waals surface area contributed by atoms with Crippen molar-refractivity contribution in [3.8, 4) is 0 Å². The van der Waals surface area contributed by atoms with Crippen LogP contribution in [0.25, 0.3) is 0 Å². The van der Waals surface area contributed by atoms with Crippen molar-refractivity contribution in [1.29, 1.82) is 0 Å². The SMILES string of the molecule is CCCCCCCNC(=O)C(C)c1nnn[nH]1. The lowest BCUT2D eigenvalue weighted by Crippen LogP contribution is -2.29. The van der Waals surface area contributed by atoms with Crippen LogP contribution in [0, 0.1) is 0 Å². The number of amides is 1. The lowest BCUT2D eigenvalue weighted by Gasteiger charge is -2.08. The number of rotatable bonds is 8. The zero-order valence-corrected chi connectivity index (χ0v) is 10.6. The van der Waals surface area contributed by atoms with E-state index in [2.05, 4.69) is 32.9 Å². The van der Waals surface area contributed by atoms with Gasteiger partial charge < -0.3 is 5.32 Å². The zero-order chi connectivity index (χ0) is 12.5. The van der Waals surface area contributed by atoms with E-state index in [1.807, 2.05) is 0 Å². The summed E-state index contributed by atoms with van der Waals surface area (Å²) in [6, 6.07) is 0. The van der Waals surface area contributed by atoms with Crippen molar-refractivity contribution in [2.24, 2.45) is 0 Å². The summed E-state index contributed by atoms with van der Waals surface area (Å²) in [5, 5.41) is 16.1. The van der Waals surface area contributed by atoms with Crippen LogP contribution in [0.4, 0.5) is 0 Å². The quantitative estimate of drug-likeness (QED) is 0.671. The number of hydrogen-bond donors (Lipinski definition) is 2. The molecule has 0 saturated carbocycles. The molecule has 1 heterocycles. The Morgan fingerprint density at radius 3 is 2.76 bits per heavy atom. The molecular formula is C11H21N5O. The third-order valence-electron chi connectivity index (χ3n) is 2.74. The van der Waals surface area contributed by atoms with Gasteiger partial charge in [-0.25, -0.2) is 5.10 Å². The highest BCUT2D eigenvalue weighted by molar-refractivity contribution is 5.82. The number of nitrogens with zero attached hydrogens (tertiary/aromatic N) is 3. The molecule has 17 heavy (non-hydrogen) atoms. The lowest BCUT2D eigenvalue weighted by atomic mass is 10.1. The highest BCUT2D eigenvalue weighted by atomic mass is 16.1. The fraction of sp³-hybridized carbons (Fsp3) is 0.818. The number of nitrogens with one attached hydrogen (secondary N) is 2. The molecule has 1 amide bonds. The summed E-state index contributed by atoms with van der Waals surface area (Å²) in [6.07, 6.45) is 5.96. The van der Waals surface area contributed by atoms with Gasteiger partial charge >= 0.3 is 0 Å². The maximum atomic E-state index is 11.7. The molecule has 0 bridgehead atoms. The normalized spacial score (nSPS) is 12.4. The first-order chi connectivity index (χ1) is 8.25. The van der Waals surface area contributed by atoms with E-state index >= 15 is 0 Å². The molecule has 6 nitrogen and oxygen atoms in total. The van der Waals surface area contributed by atoms with Crippen molar-refractivity contribution in [3.63, 3.8) is 0 Å². The number of H-pyrrole nitrogens is 1. The van der Waals surface area contributed by atoms with Crippen LogP contribution in [-0.2, 0) is 4.79 Å². The summed E-state index contributed by atoms with van der Waals surface area (Å²) < 4.78 is 0. The molecule has 0 aromatic carbocycles. The van der Waals surface area contributed by atoms with Gasteiger partial charge in [-0.1, -0.05) is 32.6 Å². The first-order valence-electron chi connectivity index (χ1n) is 6.27. The summed E-state index contributed by atoms with van der Waals surface area (Å²) in [7, 11) is 0. The van der Waals surface area contributed by atoms with Crippen molar-refractivity contribution in [1.82, 2.24) is 25.9 Å². The molecule has 0 aliphatic heterocycles. The maximum absolute atomic E-state index is 11.7. The van der Waals surface area contributed by atoms with E-state index in [9.17, 15) is 4.79 Å². The first-order valence-corrected chi connectivity index (χ1v) is 6.27. The van der Waals surface area contributed by atoms with Gasteiger partial charge in [-0.2, -0.15) is 0 Å². The molecule has 0 radical (unpaired) electrons. The average Bonchev–Trinajstić information content (AvgIpc) is 2.86. The molecule has 1 rings (SSSR count). The second-order valence-corrected chi connectivity index (χ2v) is 4.21. The van der Waals surface area contributed by atoms with Gasteiger partial charge in [-0.3, -0.25) is 4.79 Å². The number of aromatic nitrogens is 4. The van der Waals surface area contributed by atoms with Crippen molar-refractivity contribution < 1.29 is 4.79 Å². The molecule has 0 fully saturated rings. The van der Waals surface area contributed by atoms with E-state index in [4.69, 9.17) is 0 Å². The number of hydrogen-bond acceptors (Lipinski definition) is 4. The monoisotopic (exact) mass is 239 g/mol. The molecule has 0 aliphatic rings. The Kier molecular flexibility index (Phi) is 6.21. The summed E-state index contributed by atoms with van der Waals surface area (Å²) in [6.45, 7) is 4.71. The van der Waals surface area contributed by atoms with Crippen LogP contribution in [0.1, 0.15) is 57.7 Å². The van der Waals surface area contributed by atoms with E-state index in [0.717, 1.165) is 13.0 Å². The number of carbonyl (C=O) groups is 1. The zero-order valence-electron chi connectivity index (χ0n) is 10.6. The Bertz CT molecular complexity index is 312. The molecule has 0 spiro atoms. The fourth-order valence-electron chi connectivity index (χ4n) is 1.57.